The van der Waals surface area contributed by atoms with Crippen molar-refractivity contribution in [3.05, 3.63) is 206 Å². The number of hydrogen-bond acceptors (Lipinski definition) is 19. The van der Waals surface area contributed by atoms with E-state index >= 15 is 0 Å². The Morgan fingerprint density at radius 1 is 0.421 bits per heavy atom. The Hall–Kier alpha value is -10.1. The minimum atomic E-state index is -1.19. The van der Waals surface area contributed by atoms with E-state index < -0.39 is 24.4 Å². The van der Waals surface area contributed by atoms with Crippen molar-refractivity contribution in [3.8, 4) is 0 Å². The molecule has 10 aromatic heterocycles. The predicted molar refractivity (Wildman–Crippen MR) is 370 cm³/mol. The smallest absolute Gasteiger partial charge is 0.324 e. The van der Waals surface area contributed by atoms with Crippen molar-refractivity contribution in [2.75, 3.05) is 58.9 Å². The van der Waals surface area contributed by atoms with Gasteiger partial charge in [-0.1, -0.05) is 58.0 Å². The second kappa shape index (κ2) is 37.5. The quantitative estimate of drug-likeness (QED) is 0.0477. The number of aryl methyl sites for hydroxylation is 3. The fraction of sp³-hybridized carbons (Fsp3) is 0.136. The fourth-order valence-electron chi connectivity index (χ4n) is 7.04. The molecule has 10 aromatic rings. The Morgan fingerprint density at radius 2 is 0.716 bits per heavy atom. The van der Waals surface area contributed by atoms with E-state index in [0.29, 0.717) is 76.5 Å². The number of anilines is 11. The largest absolute Gasteiger partial charge is 0.396 e. The van der Waals surface area contributed by atoms with E-state index in [1.165, 1.54) is 69.1 Å². The van der Waals surface area contributed by atoms with Gasteiger partial charge in [0.05, 0.1) is 41.3 Å². The van der Waals surface area contributed by atoms with Crippen LogP contribution in [0.2, 0.25) is 25.8 Å². The van der Waals surface area contributed by atoms with Crippen LogP contribution in [0.15, 0.2) is 147 Å². The first-order valence-electron chi connectivity index (χ1n) is 27.3. The zero-order valence-electron chi connectivity index (χ0n) is 50.2. The number of aliphatic hydroxyl groups is 1. The molecule has 0 fully saturated rings. The van der Waals surface area contributed by atoms with Gasteiger partial charge in [-0.15, -0.1) is 0 Å². The summed E-state index contributed by atoms with van der Waals surface area (Å²) in [7, 11) is 0. The number of urea groups is 5. The van der Waals surface area contributed by atoms with Crippen molar-refractivity contribution in [2.45, 2.75) is 53.6 Å². The van der Waals surface area contributed by atoms with Crippen LogP contribution in [-0.2, 0) is 6.61 Å². The van der Waals surface area contributed by atoms with Crippen molar-refractivity contribution >= 4 is 172 Å². The first-order valence-corrected chi connectivity index (χ1v) is 30.7. The minimum Gasteiger partial charge on any atom is -0.396 e. The number of nitrogen functional groups attached to an aromatic ring is 1. The van der Waals surface area contributed by atoms with Gasteiger partial charge in [0.2, 0.25) is 0 Å². The third kappa shape index (κ3) is 27.2. The molecule has 27 nitrogen and oxygen atoms in total. The summed E-state index contributed by atoms with van der Waals surface area (Å²) in [5, 5.41) is 37.6. The monoisotopic (exact) mass is 1430 g/mol. The molecule has 0 saturated carbocycles. The molecule has 0 aromatic carbocycles. The molecular weight excluding hydrogens is 1380 g/mol. The van der Waals surface area contributed by atoms with Crippen molar-refractivity contribution in [3.63, 3.8) is 0 Å². The van der Waals surface area contributed by atoms with Crippen LogP contribution < -0.4 is 58.9 Å². The van der Waals surface area contributed by atoms with Crippen molar-refractivity contribution < 1.29 is 37.9 Å². The lowest BCUT2D eigenvalue weighted by Gasteiger charge is -2.09. The maximum Gasteiger partial charge on any atom is 0.324 e. The number of amides is 10. The zero-order chi connectivity index (χ0) is 69.0. The first-order chi connectivity index (χ1) is 45.3. The number of rotatable bonds is 13. The summed E-state index contributed by atoms with van der Waals surface area (Å²) in [6.45, 7) is 8.01. The van der Waals surface area contributed by atoms with Crippen LogP contribution in [0, 0.1) is 20.8 Å². The molecule has 0 aliphatic heterocycles. The summed E-state index contributed by atoms with van der Waals surface area (Å²) < 4.78 is 33.8. The summed E-state index contributed by atoms with van der Waals surface area (Å²) in [5.74, 6) is 0. The van der Waals surface area contributed by atoms with E-state index in [1.54, 1.807) is 91.4 Å². The molecule has 0 bridgehead atoms. The highest BCUT2D eigenvalue weighted by molar-refractivity contribution is 7.10. The number of pyridine rings is 8. The molecule has 0 aliphatic rings. The summed E-state index contributed by atoms with van der Waals surface area (Å²) in [6, 6.07) is 23.8. The number of halogens is 7. The molecule has 0 aliphatic carbocycles. The van der Waals surface area contributed by atoms with Crippen LogP contribution in [0.4, 0.5) is 93.9 Å². The van der Waals surface area contributed by atoms with Gasteiger partial charge in [-0.2, -0.15) is 8.75 Å². The van der Waals surface area contributed by atoms with Gasteiger partial charge in [-0.25, -0.2) is 57.7 Å². The maximum atomic E-state index is 13.0. The molecule has 0 radical (unpaired) electrons. The highest BCUT2D eigenvalue weighted by Crippen LogP contribution is 2.27. The number of nitrogens with zero attached hydrogens (tertiary/aromatic N) is 10. The molecule has 13 N–H and O–H groups in total. The Kier molecular flexibility index (Phi) is 29.2. The van der Waals surface area contributed by atoms with Crippen LogP contribution >= 0.6 is 81.1 Å². The highest BCUT2D eigenvalue weighted by Gasteiger charge is 2.15. The number of aromatic nitrogens is 10. The third-order valence-electron chi connectivity index (χ3n) is 11.3. The number of carbonyl (C=O) groups excluding carboxylic acids is 5. The van der Waals surface area contributed by atoms with Gasteiger partial charge in [0.25, 0.3) is 0 Å². The topological polar surface area (TPSA) is 381 Å². The molecule has 10 rings (SSSR count). The second-order valence-electron chi connectivity index (χ2n) is 18.9. The van der Waals surface area contributed by atoms with Gasteiger partial charge >= 0.3 is 30.2 Å². The van der Waals surface area contributed by atoms with Crippen LogP contribution in [0.5, 0.6) is 0 Å². The van der Waals surface area contributed by atoms with Gasteiger partial charge in [0, 0.05) is 106 Å². The molecular formula is C59H56Cl5F2N21O6S2. The highest BCUT2D eigenvalue weighted by atomic mass is 35.5. The Bertz CT molecular complexity index is 3850. The number of alkyl halides is 2. The molecule has 10 heterocycles. The van der Waals surface area contributed by atoms with Gasteiger partial charge in [0.1, 0.15) is 48.1 Å². The zero-order valence-corrected chi connectivity index (χ0v) is 55.6. The summed E-state index contributed by atoms with van der Waals surface area (Å²) in [6.07, 6.45) is 9.80. The lowest BCUT2D eigenvalue weighted by atomic mass is 10.2. The molecule has 0 saturated heterocycles. The SMILES string of the molecule is CC(F)c1cc(NC(=O)Nc2cc(Cl)ncc2CO)sn1.CC(F)c1cc(NC(=O)Nc2cc(Cl)ncc2N)sn1.Cc1cc(NC(=O)Nc2ccnc(Cl)c2)ccn1.Cc1cc(NC(=O)Nc2ccnc(Cl)c2)ccn1.Cc1cc(NC(=O)Nc2ccnc(Cl)c2)ccn1. The lowest BCUT2D eigenvalue weighted by molar-refractivity contribution is 0.261. The normalized spacial score (nSPS) is 10.8. The van der Waals surface area contributed by atoms with Gasteiger partial charge < -0.3 is 53.4 Å². The lowest BCUT2D eigenvalue weighted by Crippen LogP contribution is -2.19. The Morgan fingerprint density at radius 3 is 1.03 bits per heavy atom. The van der Waals surface area contributed by atoms with Crippen LogP contribution in [0.1, 0.15) is 60.2 Å². The average Bonchev–Trinajstić information content (AvgIpc) is 1.99. The Labute approximate surface area is 574 Å². The van der Waals surface area contributed by atoms with E-state index in [1.807, 2.05) is 20.8 Å². The molecule has 2 unspecified atom stereocenters. The molecule has 10 amide bonds. The summed E-state index contributed by atoms with van der Waals surface area (Å²) in [5.41, 5.74) is 13.9. The third-order valence-corrected chi connectivity index (χ3v) is 13.8. The van der Waals surface area contributed by atoms with Crippen molar-refractivity contribution in [1.82, 2.24) is 48.6 Å². The Balaban J connectivity index is 0.000000188. The number of hydrogen-bond donors (Lipinski definition) is 12. The van der Waals surface area contributed by atoms with Gasteiger partial charge in [0.15, 0.2) is 0 Å². The molecule has 36 heteroatoms. The van der Waals surface area contributed by atoms with E-state index in [9.17, 15) is 37.9 Å². The van der Waals surface area contributed by atoms with Gasteiger partial charge in [-0.3, -0.25) is 25.6 Å². The fourth-order valence-corrected chi connectivity index (χ4v) is 9.31. The van der Waals surface area contributed by atoms with Crippen LogP contribution in [0.3, 0.4) is 0 Å². The number of carbonyl (C=O) groups is 5. The molecule has 0 spiro atoms. The number of aliphatic hydroxyl groups excluding tert-OH is 1. The van der Waals surface area contributed by atoms with Gasteiger partial charge in [-0.05, 0) is 149 Å². The van der Waals surface area contributed by atoms with E-state index in [4.69, 9.17) is 63.7 Å². The van der Waals surface area contributed by atoms with Crippen LogP contribution in [0.25, 0.3) is 0 Å². The summed E-state index contributed by atoms with van der Waals surface area (Å²) >= 11 is 30.6. The average molecular weight is 1430 g/mol. The number of nitrogens with two attached hydrogens (primary N) is 1. The molecule has 494 valence electrons. The van der Waals surface area contributed by atoms with E-state index in [-0.39, 0.29) is 52.1 Å². The molecule has 95 heavy (non-hydrogen) atoms. The van der Waals surface area contributed by atoms with E-state index in [0.717, 1.165) is 40.1 Å². The van der Waals surface area contributed by atoms with Crippen molar-refractivity contribution in [1.29, 1.82) is 0 Å². The second-order valence-corrected chi connectivity index (χ2v) is 22.5. The predicted octanol–water partition coefficient (Wildman–Crippen LogP) is 16.1. The number of nitrogens with one attached hydrogen (secondary N) is 10. The first kappa shape index (κ1) is 73.9. The van der Waals surface area contributed by atoms with Crippen molar-refractivity contribution in [2.24, 2.45) is 0 Å². The molecule has 2 atom stereocenters. The maximum absolute atomic E-state index is 13.0. The van der Waals surface area contributed by atoms with E-state index in [2.05, 4.69) is 102 Å². The standard InChI is InChI=1S/C12H12ClFN4O2S.3C12H11ClN4O.C11H11ClFN5OS/c1-6(14)8-3-11(21-18-8)17-12(20)16-9-2-10(13)15-4-7(9)5-19;3*1-8-6-9(2-4-14-8)16-12(18)17-10-3-5-15-11(13)7-10;1-5(13)7-3-10(20-18-7)17-11(19)16-8-2-9(12)15-4-6(8)14/h2-4,6,19H,5H2,1H3,(H2,15,16,17,20);3*2-7H,1H3,(H2,14,15,16,17,18);2-5H,14H2,1H3,(H2,15,16,17,19). The summed E-state index contributed by atoms with van der Waals surface area (Å²) in [4.78, 5) is 89.9. The van der Waals surface area contributed by atoms with Crippen LogP contribution in [-0.4, -0.2) is 83.9 Å². The minimum absolute atomic E-state index is 0.189.